The molecule has 0 saturated carbocycles. The predicted molar refractivity (Wildman–Crippen MR) is 138 cm³/mol. The van der Waals surface area contributed by atoms with E-state index in [2.05, 4.69) is 12.1 Å². The SMILES string of the molecule is COc1cc2c(cc1OC)C1CCC(CC2)Cc2c(ccc(OC)c2OS(=O)(=O)c2cccc(F)c2)C1. The molecule has 3 aromatic rings. The van der Waals surface area contributed by atoms with Crippen LogP contribution in [0.3, 0.4) is 0 Å². The monoisotopic (exact) mass is 526 g/mol. The fourth-order valence-corrected chi connectivity index (χ4v) is 6.70. The summed E-state index contributed by atoms with van der Waals surface area (Å²) in [6.45, 7) is 0. The maximum Gasteiger partial charge on any atom is 0.339 e. The van der Waals surface area contributed by atoms with Gasteiger partial charge in [0.25, 0.3) is 0 Å². The summed E-state index contributed by atoms with van der Waals surface area (Å²) in [5.41, 5.74) is 4.39. The number of aryl methyl sites for hydroxylation is 1. The fraction of sp³-hybridized carbons (Fsp3) is 0.379. The van der Waals surface area contributed by atoms with E-state index < -0.39 is 15.9 Å². The Hall–Kier alpha value is -3.26. The Morgan fingerprint density at radius 3 is 2.30 bits per heavy atom. The normalized spacial score (nSPS) is 18.9. The Balaban J connectivity index is 1.60. The van der Waals surface area contributed by atoms with Crippen molar-refractivity contribution in [3.8, 4) is 23.0 Å². The molecule has 0 N–H and O–H groups in total. The number of hydrogen-bond donors (Lipinski definition) is 0. The Morgan fingerprint density at radius 2 is 1.57 bits per heavy atom. The van der Waals surface area contributed by atoms with Gasteiger partial charge in [0.1, 0.15) is 10.7 Å². The average molecular weight is 527 g/mol. The summed E-state index contributed by atoms with van der Waals surface area (Å²) in [7, 11) is 0.521. The molecule has 8 heteroatoms. The van der Waals surface area contributed by atoms with Gasteiger partial charge in [0.15, 0.2) is 23.0 Å². The predicted octanol–water partition coefficient (Wildman–Crippen LogP) is 5.84. The molecule has 0 heterocycles. The van der Waals surface area contributed by atoms with Crippen molar-refractivity contribution < 1.29 is 31.2 Å². The molecule has 2 aliphatic rings. The molecule has 5 rings (SSSR count). The smallest absolute Gasteiger partial charge is 0.339 e. The van der Waals surface area contributed by atoms with E-state index in [1.54, 1.807) is 20.3 Å². The van der Waals surface area contributed by atoms with Gasteiger partial charge in [-0.05, 0) is 103 Å². The van der Waals surface area contributed by atoms with Crippen LogP contribution in [0.2, 0.25) is 0 Å². The van der Waals surface area contributed by atoms with Crippen molar-refractivity contribution in [3.05, 3.63) is 76.6 Å². The lowest BCUT2D eigenvalue weighted by Crippen LogP contribution is -2.21. The summed E-state index contributed by atoms with van der Waals surface area (Å²) in [4.78, 5) is -0.233. The lowest BCUT2D eigenvalue weighted by molar-refractivity contribution is 0.348. The third-order valence-electron chi connectivity index (χ3n) is 7.61. The van der Waals surface area contributed by atoms with Gasteiger partial charge in [-0.1, -0.05) is 12.1 Å². The highest BCUT2D eigenvalue weighted by atomic mass is 32.2. The number of halogens is 1. The van der Waals surface area contributed by atoms with Crippen molar-refractivity contribution >= 4 is 10.1 Å². The van der Waals surface area contributed by atoms with Crippen LogP contribution in [0.5, 0.6) is 23.0 Å². The molecule has 2 atom stereocenters. The molecule has 0 fully saturated rings. The Morgan fingerprint density at radius 1 is 0.811 bits per heavy atom. The minimum Gasteiger partial charge on any atom is -0.493 e. The van der Waals surface area contributed by atoms with E-state index in [0.29, 0.717) is 23.8 Å². The second-order valence-corrected chi connectivity index (χ2v) is 11.3. The first kappa shape index (κ1) is 25.4. The lowest BCUT2D eigenvalue weighted by Gasteiger charge is -2.33. The van der Waals surface area contributed by atoms with Gasteiger partial charge in [-0.2, -0.15) is 8.42 Å². The number of methoxy groups -OCH3 is 3. The van der Waals surface area contributed by atoms with Gasteiger partial charge in [-0.25, -0.2) is 4.39 Å². The first-order valence-corrected chi connectivity index (χ1v) is 13.9. The Kier molecular flexibility index (Phi) is 7.03. The number of benzene rings is 3. The molecule has 0 aliphatic heterocycles. The van der Waals surface area contributed by atoms with Crippen molar-refractivity contribution in [2.45, 2.75) is 49.3 Å². The number of rotatable bonds is 6. The Bertz CT molecular complexity index is 1420. The molecule has 0 aromatic heterocycles. The molecular formula is C29H31FO6S. The lowest BCUT2D eigenvalue weighted by atomic mass is 9.73. The van der Waals surface area contributed by atoms with E-state index in [0.717, 1.165) is 55.0 Å². The van der Waals surface area contributed by atoms with Gasteiger partial charge in [-0.3, -0.25) is 0 Å². The van der Waals surface area contributed by atoms with Gasteiger partial charge in [-0.15, -0.1) is 0 Å². The van der Waals surface area contributed by atoms with Crippen LogP contribution in [0, 0.1) is 11.7 Å². The third kappa shape index (κ3) is 4.99. The van der Waals surface area contributed by atoms with Crippen LogP contribution in [-0.2, 0) is 29.4 Å². The molecule has 196 valence electrons. The van der Waals surface area contributed by atoms with Crippen LogP contribution in [0.15, 0.2) is 53.4 Å². The molecule has 0 spiro atoms. The summed E-state index contributed by atoms with van der Waals surface area (Å²) < 4.78 is 62.6. The van der Waals surface area contributed by atoms with Crippen molar-refractivity contribution in [3.63, 3.8) is 0 Å². The van der Waals surface area contributed by atoms with E-state index in [9.17, 15) is 12.8 Å². The van der Waals surface area contributed by atoms with E-state index in [1.165, 1.54) is 36.4 Å². The second kappa shape index (κ2) is 10.2. The molecular weight excluding hydrogens is 495 g/mol. The van der Waals surface area contributed by atoms with Crippen LogP contribution in [0.25, 0.3) is 0 Å². The maximum absolute atomic E-state index is 13.8. The standard InChI is InChI=1S/C29H31FO6S/c1-33-26-12-11-20-14-19-9-7-18(8-10-21-15-27(34-2)28(35-3)17-24(19)21)13-25(20)29(26)36-37(31,32)23-6-4-5-22(30)16-23/h4-6,11-12,15-19H,7-10,13-14H2,1-3H3. The molecule has 0 saturated heterocycles. The van der Waals surface area contributed by atoms with Crippen molar-refractivity contribution in [2.24, 2.45) is 5.92 Å². The molecule has 37 heavy (non-hydrogen) atoms. The molecule has 3 aromatic carbocycles. The molecule has 0 radical (unpaired) electrons. The van der Waals surface area contributed by atoms with E-state index in [-0.39, 0.29) is 16.6 Å². The van der Waals surface area contributed by atoms with Crippen LogP contribution in [-0.4, -0.2) is 29.7 Å². The zero-order valence-electron chi connectivity index (χ0n) is 21.3. The minimum atomic E-state index is -4.27. The summed E-state index contributed by atoms with van der Waals surface area (Å²) in [5.74, 6) is 1.92. The molecule has 2 aliphatic carbocycles. The highest BCUT2D eigenvalue weighted by Gasteiger charge is 2.31. The van der Waals surface area contributed by atoms with Gasteiger partial charge in [0, 0.05) is 5.56 Å². The molecule has 6 nitrogen and oxygen atoms in total. The van der Waals surface area contributed by atoms with E-state index in [1.807, 2.05) is 6.07 Å². The van der Waals surface area contributed by atoms with E-state index >= 15 is 0 Å². The van der Waals surface area contributed by atoms with Crippen molar-refractivity contribution in [1.29, 1.82) is 0 Å². The van der Waals surface area contributed by atoms with Gasteiger partial charge in [0.2, 0.25) is 0 Å². The number of hydrogen-bond acceptors (Lipinski definition) is 6. The molecule has 2 unspecified atom stereocenters. The fourth-order valence-electron chi connectivity index (χ4n) is 5.69. The summed E-state index contributed by atoms with van der Waals surface area (Å²) in [6, 6.07) is 12.8. The topological polar surface area (TPSA) is 71.1 Å². The first-order valence-electron chi connectivity index (χ1n) is 12.5. The highest BCUT2D eigenvalue weighted by Crippen LogP contribution is 2.46. The minimum absolute atomic E-state index is 0.197. The van der Waals surface area contributed by atoms with Crippen LogP contribution in [0.1, 0.15) is 47.4 Å². The maximum atomic E-state index is 13.8. The van der Waals surface area contributed by atoms with Gasteiger partial charge >= 0.3 is 10.1 Å². The molecule has 0 amide bonds. The Labute approximate surface area is 217 Å². The average Bonchev–Trinajstić information content (AvgIpc) is 2.87. The second-order valence-electron chi connectivity index (χ2n) is 9.72. The zero-order valence-corrected chi connectivity index (χ0v) is 22.1. The summed E-state index contributed by atoms with van der Waals surface area (Å²) in [5, 5.41) is 0. The van der Waals surface area contributed by atoms with Gasteiger partial charge in [0.05, 0.1) is 21.3 Å². The quantitative estimate of drug-likeness (QED) is 0.376. The number of ether oxygens (including phenoxy) is 3. The zero-order chi connectivity index (χ0) is 26.2. The largest absolute Gasteiger partial charge is 0.493 e. The van der Waals surface area contributed by atoms with Crippen LogP contribution in [0.4, 0.5) is 4.39 Å². The third-order valence-corrected chi connectivity index (χ3v) is 8.83. The van der Waals surface area contributed by atoms with E-state index in [4.69, 9.17) is 18.4 Å². The van der Waals surface area contributed by atoms with Crippen molar-refractivity contribution in [2.75, 3.05) is 21.3 Å². The van der Waals surface area contributed by atoms with Crippen LogP contribution >= 0.6 is 0 Å². The number of fused-ring (bicyclic) bond motifs is 6. The van der Waals surface area contributed by atoms with Gasteiger partial charge < -0.3 is 18.4 Å². The van der Waals surface area contributed by atoms with Crippen molar-refractivity contribution in [1.82, 2.24) is 0 Å². The van der Waals surface area contributed by atoms with Crippen LogP contribution < -0.4 is 18.4 Å². The summed E-state index contributed by atoms with van der Waals surface area (Å²) in [6.07, 6.45) is 5.29. The highest BCUT2D eigenvalue weighted by molar-refractivity contribution is 7.87. The molecule has 2 bridgehead atoms. The first-order chi connectivity index (χ1) is 17.8. The summed E-state index contributed by atoms with van der Waals surface area (Å²) >= 11 is 0.